The van der Waals surface area contributed by atoms with Crippen molar-refractivity contribution in [2.45, 2.75) is 31.5 Å². The minimum atomic E-state index is -0.351. The second-order valence-electron chi connectivity index (χ2n) is 11.9. The van der Waals surface area contributed by atoms with E-state index in [4.69, 9.17) is 14.7 Å². The van der Waals surface area contributed by atoms with E-state index in [1.807, 2.05) is 12.1 Å². The zero-order valence-corrected chi connectivity index (χ0v) is 24.7. The molecule has 0 spiro atoms. The van der Waals surface area contributed by atoms with E-state index < -0.39 is 0 Å². The van der Waals surface area contributed by atoms with E-state index in [-0.39, 0.29) is 17.6 Å². The number of fused-ring (bicyclic) bond motifs is 10. The average Bonchev–Trinajstić information content (AvgIpc) is 3.86. The first-order chi connectivity index (χ1) is 21.5. The third kappa shape index (κ3) is 4.53. The summed E-state index contributed by atoms with van der Waals surface area (Å²) in [5.41, 5.74) is 11.7. The molecule has 5 nitrogen and oxygen atoms in total. The molecule has 0 saturated carbocycles. The molecule has 2 atom stereocenters. The lowest BCUT2D eigenvalue weighted by Gasteiger charge is -2.26. The molecule has 4 aliphatic rings. The molecule has 4 aromatic rings. The lowest BCUT2D eigenvalue weighted by atomic mass is 9.86. The van der Waals surface area contributed by atoms with E-state index >= 15 is 0 Å². The Morgan fingerprint density at radius 1 is 0.568 bits per heavy atom. The summed E-state index contributed by atoms with van der Waals surface area (Å²) < 4.78 is 7.07. The van der Waals surface area contributed by atoms with E-state index in [0.717, 1.165) is 67.9 Å². The zero-order chi connectivity index (χ0) is 29.7. The second kappa shape index (κ2) is 10.5. The van der Waals surface area contributed by atoms with Gasteiger partial charge in [-0.25, -0.2) is 9.98 Å². The maximum atomic E-state index is 7.07. The number of ether oxygens (including phenoxy) is 1. The van der Waals surface area contributed by atoms with Gasteiger partial charge >= 0.3 is 0 Å². The van der Waals surface area contributed by atoms with E-state index in [9.17, 15) is 0 Å². The Morgan fingerprint density at radius 2 is 1.02 bits per heavy atom. The monoisotopic (exact) mass is 572 g/mol. The van der Waals surface area contributed by atoms with Crippen molar-refractivity contribution in [3.05, 3.63) is 179 Å². The summed E-state index contributed by atoms with van der Waals surface area (Å²) in [6.45, 7) is 4.46. The number of rotatable bonds is 2. The van der Waals surface area contributed by atoms with Gasteiger partial charge in [-0.15, -0.1) is 0 Å². The number of hydrogen-bond acceptors (Lipinski definition) is 3. The molecule has 44 heavy (non-hydrogen) atoms. The quantitative estimate of drug-likeness (QED) is 0.250. The van der Waals surface area contributed by atoms with Gasteiger partial charge in [0.1, 0.15) is 12.2 Å². The Labute approximate surface area is 257 Å². The first kappa shape index (κ1) is 26.4. The van der Waals surface area contributed by atoms with Crippen LogP contribution < -0.4 is 0 Å². The van der Waals surface area contributed by atoms with Crippen LogP contribution in [0, 0.1) is 0 Å². The number of aliphatic imine (C=N–C) groups is 2. The molecule has 214 valence electrons. The summed E-state index contributed by atoms with van der Waals surface area (Å²) in [5, 5.41) is 0. The first-order valence-corrected chi connectivity index (χ1v) is 15.1. The van der Waals surface area contributed by atoms with E-state index in [1.165, 1.54) is 0 Å². The maximum Gasteiger partial charge on any atom is 0.105 e. The largest absolute Gasteiger partial charge is 0.357 e. The third-order valence-electron chi connectivity index (χ3n) is 8.82. The summed E-state index contributed by atoms with van der Waals surface area (Å²) in [6, 6.07) is 29.4. The fourth-order valence-electron chi connectivity index (χ4n) is 6.35. The van der Waals surface area contributed by atoms with Gasteiger partial charge in [0.15, 0.2) is 0 Å². The fraction of sp³-hybridized carbons (Fsp3) is 0.128. The molecule has 10 bridgehead atoms. The molecule has 0 aliphatic carbocycles. The summed E-state index contributed by atoms with van der Waals surface area (Å²) in [6.07, 6.45) is 16.1. The Kier molecular flexibility index (Phi) is 6.28. The highest BCUT2D eigenvalue weighted by molar-refractivity contribution is 6.12. The number of nitrogens with one attached hydrogen (secondary N) is 2. The Balaban J connectivity index is 1.37. The van der Waals surface area contributed by atoms with Crippen LogP contribution in [-0.4, -0.2) is 33.6 Å². The standard InChI is InChI=1S/C39H32N4O/c1-39(2)35-23-21-29(42-35)27-17-19-31(40-27)37(25-11-5-3-6-12-25)33-15-9-10-16-34(44-33)38(26-13-7-4-8-14-26)32-20-18-28(41-32)30-22-24-36(39)43-30/h3-24,33-34,42-43H,1-2H3/b37-31-,38-32+. The summed E-state index contributed by atoms with van der Waals surface area (Å²) >= 11 is 0. The number of aromatic nitrogens is 2. The highest BCUT2D eigenvalue weighted by Crippen LogP contribution is 2.37. The van der Waals surface area contributed by atoms with E-state index in [2.05, 4.69) is 145 Å². The van der Waals surface area contributed by atoms with Gasteiger partial charge in [-0.1, -0.05) is 85.0 Å². The number of allylic oxidation sites excluding steroid dienone is 6. The normalized spacial score (nSPS) is 25.0. The molecule has 2 N–H and O–H groups in total. The molecule has 0 fully saturated rings. The minimum Gasteiger partial charge on any atom is -0.357 e. The van der Waals surface area contributed by atoms with Crippen molar-refractivity contribution < 1.29 is 4.74 Å². The molecule has 2 unspecified atom stereocenters. The van der Waals surface area contributed by atoms with E-state index in [1.54, 1.807) is 0 Å². The Morgan fingerprint density at radius 3 is 1.48 bits per heavy atom. The van der Waals surface area contributed by atoms with Gasteiger partial charge in [0.25, 0.3) is 0 Å². The Hall–Kier alpha value is -5.26. The van der Waals surface area contributed by atoms with Crippen LogP contribution in [0.4, 0.5) is 0 Å². The first-order valence-electron chi connectivity index (χ1n) is 15.1. The number of hydrogen-bond donors (Lipinski definition) is 2. The molecular weight excluding hydrogens is 540 g/mol. The Bertz CT molecular complexity index is 1860. The van der Waals surface area contributed by atoms with Gasteiger partial charge in [-0.3, -0.25) is 0 Å². The van der Waals surface area contributed by atoms with Crippen LogP contribution in [0.2, 0.25) is 0 Å². The molecule has 4 aliphatic heterocycles. The molecule has 6 heterocycles. The molecule has 0 saturated heterocycles. The average molecular weight is 573 g/mol. The van der Waals surface area contributed by atoms with Crippen molar-refractivity contribution in [3.63, 3.8) is 0 Å². The highest BCUT2D eigenvalue weighted by atomic mass is 16.5. The van der Waals surface area contributed by atoms with Crippen molar-refractivity contribution in [2.75, 3.05) is 0 Å². The van der Waals surface area contributed by atoms with E-state index in [0.29, 0.717) is 0 Å². The second-order valence-corrected chi connectivity index (χ2v) is 11.9. The molecule has 2 aromatic carbocycles. The van der Waals surface area contributed by atoms with Crippen LogP contribution >= 0.6 is 0 Å². The number of H-pyrrole nitrogens is 2. The van der Waals surface area contributed by atoms with Crippen molar-refractivity contribution >= 4 is 22.6 Å². The van der Waals surface area contributed by atoms with Crippen LogP contribution in [0.1, 0.15) is 47.8 Å². The van der Waals surface area contributed by atoms with Crippen molar-refractivity contribution in [3.8, 4) is 0 Å². The molecular formula is C39H32N4O. The molecule has 0 radical (unpaired) electrons. The van der Waals surface area contributed by atoms with Crippen LogP contribution in [0.25, 0.3) is 11.1 Å². The summed E-state index contributed by atoms with van der Waals surface area (Å²) in [5.74, 6) is 0. The number of nitrogens with zero attached hydrogens (tertiary/aromatic N) is 2. The van der Waals surface area contributed by atoms with Crippen LogP contribution in [-0.2, 0) is 10.2 Å². The van der Waals surface area contributed by atoms with Crippen LogP contribution in [0.15, 0.2) is 155 Å². The van der Waals surface area contributed by atoms with Gasteiger partial charge in [0.2, 0.25) is 0 Å². The van der Waals surface area contributed by atoms with Gasteiger partial charge in [0.05, 0.1) is 34.2 Å². The van der Waals surface area contributed by atoms with Crippen molar-refractivity contribution in [1.82, 2.24) is 9.97 Å². The van der Waals surface area contributed by atoms with Gasteiger partial charge < -0.3 is 14.7 Å². The molecule has 5 heteroatoms. The van der Waals surface area contributed by atoms with Crippen LogP contribution in [0.3, 0.4) is 0 Å². The van der Waals surface area contributed by atoms with Gasteiger partial charge in [-0.05, 0) is 73.5 Å². The predicted molar refractivity (Wildman–Crippen MR) is 179 cm³/mol. The number of aromatic amines is 2. The predicted octanol–water partition coefficient (Wildman–Crippen LogP) is 8.10. The summed E-state index contributed by atoms with van der Waals surface area (Å²) in [7, 11) is 0. The van der Waals surface area contributed by atoms with Crippen LogP contribution in [0.5, 0.6) is 0 Å². The van der Waals surface area contributed by atoms with Crippen molar-refractivity contribution in [1.29, 1.82) is 0 Å². The van der Waals surface area contributed by atoms with Crippen molar-refractivity contribution in [2.24, 2.45) is 9.98 Å². The topological polar surface area (TPSA) is 65.5 Å². The van der Waals surface area contributed by atoms with Gasteiger partial charge in [0, 0.05) is 27.9 Å². The summed E-state index contributed by atoms with van der Waals surface area (Å²) in [4.78, 5) is 17.7. The fourth-order valence-corrected chi connectivity index (χ4v) is 6.35. The highest BCUT2D eigenvalue weighted by Gasteiger charge is 2.31. The minimum absolute atomic E-state index is 0.284. The lowest BCUT2D eigenvalue weighted by Crippen LogP contribution is -2.22. The maximum absolute atomic E-state index is 7.07. The molecule has 8 rings (SSSR count). The molecule has 0 amide bonds. The number of benzene rings is 2. The SMILES string of the molecule is CC1(C)c2ccc([nH]2)C2=N/C(=C(/c3ccccc3)C3C=CC=CC(O3)/C(c3ccccc3)=C3\C=CC(=N3)c3ccc1[nH]3)C=C2. The molecule has 2 aromatic heterocycles. The zero-order valence-electron chi connectivity index (χ0n) is 24.7. The smallest absolute Gasteiger partial charge is 0.105 e. The lowest BCUT2D eigenvalue weighted by molar-refractivity contribution is 0.109. The van der Waals surface area contributed by atoms with Gasteiger partial charge in [-0.2, -0.15) is 0 Å². The third-order valence-corrected chi connectivity index (χ3v) is 8.82.